The standard InChI is InChI=1S/C30H28ClF3N6O/c1-2-3-11-27-35-28(31)26(19-41-18-21-7-6-8-23(16-21)30(32,33)34)40(27)17-20-12-14-22(15-13-20)24-9-4-5-10-25(24)29-36-38-39-37-29/h4-10,12-16H,2-3,11,17-19H2,1H3,(H,36,37,38,39). The van der Waals surface area contributed by atoms with Crippen molar-refractivity contribution in [1.29, 1.82) is 0 Å². The second-order valence-corrected chi connectivity index (χ2v) is 9.98. The molecular weight excluding hydrogens is 553 g/mol. The van der Waals surface area contributed by atoms with Crippen molar-refractivity contribution in [3.8, 4) is 22.5 Å². The Labute approximate surface area is 240 Å². The minimum absolute atomic E-state index is 0.0181. The number of unbranched alkanes of at least 4 members (excludes halogenated alkanes) is 1. The third-order valence-corrected chi connectivity index (χ3v) is 7.04. The van der Waals surface area contributed by atoms with Gasteiger partial charge in [-0.15, -0.1) is 10.2 Å². The molecule has 7 nitrogen and oxygen atoms in total. The number of nitrogens with zero attached hydrogens (tertiary/aromatic N) is 5. The van der Waals surface area contributed by atoms with E-state index in [9.17, 15) is 13.2 Å². The van der Waals surface area contributed by atoms with Crippen LogP contribution in [0.5, 0.6) is 0 Å². The van der Waals surface area contributed by atoms with Gasteiger partial charge in [-0.3, -0.25) is 0 Å². The number of hydrogen-bond acceptors (Lipinski definition) is 5. The summed E-state index contributed by atoms with van der Waals surface area (Å²) >= 11 is 6.55. The minimum Gasteiger partial charge on any atom is -0.370 e. The van der Waals surface area contributed by atoms with Gasteiger partial charge in [0.15, 0.2) is 5.15 Å². The summed E-state index contributed by atoms with van der Waals surface area (Å²) in [5.74, 6) is 1.37. The molecule has 0 unspecified atom stereocenters. The molecule has 212 valence electrons. The highest BCUT2D eigenvalue weighted by Crippen LogP contribution is 2.31. The van der Waals surface area contributed by atoms with Crippen molar-refractivity contribution in [3.05, 3.63) is 106 Å². The lowest BCUT2D eigenvalue weighted by atomic mass is 9.98. The second-order valence-electron chi connectivity index (χ2n) is 9.62. The molecule has 0 saturated heterocycles. The van der Waals surface area contributed by atoms with Gasteiger partial charge in [-0.25, -0.2) is 4.98 Å². The molecule has 2 heterocycles. The third kappa shape index (κ3) is 6.83. The van der Waals surface area contributed by atoms with Crippen LogP contribution in [0.15, 0.2) is 72.8 Å². The summed E-state index contributed by atoms with van der Waals surface area (Å²) in [7, 11) is 0. The Morgan fingerprint density at radius 1 is 0.927 bits per heavy atom. The molecule has 2 aromatic heterocycles. The molecule has 41 heavy (non-hydrogen) atoms. The largest absolute Gasteiger partial charge is 0.416 e. The van der Waals surface area contributed by atoms with Gasteiger partial charge in [0, 0.05) is 18.5 Å². The Kier molecular flexibility index (Phi) is 8.80. The molecule has 0 fully saturated rings. The number of benzene rings is 3. The van der Waals surface area contributed by atoms with Crippen molar-refractivity contribution in [2.45, 2.75) is 52.1 Å². The molecule has 0 bridgehead atoms. The number of H-pyrrole nitrogens is 1. The number of aromatic amines is 1. The topological polar surface area (TPSA) is 81.5 Å². The van der Waals surface area contributed by atoms with Crippen molar-refractivity contribution in [2.24, 2.45) is 0 Å². The lowest BCUT2D eigenvalue weighted by Crippen LogP contribution is -2.10. The van der Waals surface area contributed by atoms with E-state index >= 15 is 0 Å². The summed E-state index contributed by atoms with van der Waals surface area (Å²) in [5, 5.41) is 14.7. The molecule has 0 saturated carbocycles. The van der Waals surface area contributed by atoms with E-state index in [1.807, 2.05) is 53.1 Å². The highest BCUT2D eigenvalue weighted by Gasteiger charge is 2.30. The lowest BCUT2D eigenvalue weighted by Gasteiger charge is -2.14. The zero-order chi connectivity index (χ0) is 28.8. The van der Waals surface area contributed by atoms with Crippen molar-refractivity contribution < 1.29 is 17.9 Å². The van der Waals surface area contributed by atoms with Crippen LogP contribution in [0.2, 0.25) is 5.15 Å². The molecule has 5 rings (SSSR count). The van der Waals surface area contributed by atoms with E-state index in [4.69, 9.17) is 16.3 Å². The zero-order valence-electron chi connectivity index (χ0n) is 22.3. The van der Waals surface area contributed by atoms with E-state index < -0.39 is 11.7 Å². The second kappa shape index (κ2) is 12.7. The normalized spacial score (nSPS) is 11.7. The molecule has 0 aliphatic heterocycles. The summed E-state index contributed by atoms with van der Waals surface area (Å²) < 4.78 is 47.2. The van der Waals surface area contributed by atoms with Gasteiger partial charge in [0.05, 0.1) is 24.5 Å². The average molecular weight is 581 g/mol. The van der Waals surface area contributed by atoms with Gasteiger partial charge < -0.3 is 9.30 Å². The Bertz CT molecular complexity index is 1580. The molecule has 0 atom stereocenters. The summed E-state index contributed by atoms with van der Waals surface area (Å²) in [5.41, 5.74) is 4.33. The van der Waals surface area contributed by atoms with Gasteiger partial charge in [0.25, 0.3) is 0 Å². The van der Waals surface area contributed by atoms with Crippen LogP contribution in [0, 0.1) is 0 Å². The van der Waals surface area contributed by atoms with Crippen LogP contribution in [-0.2, 0) is 37.1 Å². The fraction of sp³-hybridized carbons (Fsp3) is 0.267. The first-order valence-corrected chi connectivity index (χ1v) is 13.6. The summed E-state index contributed by atoms with van der Waals surface area (Å²) in [6.07, 6.45) is -1.71. The van der Waals surface area contributed by atoms with Crippen molar-refractivity contribution in [2.75, 3.05) is 0 Å². The van der Waals surface area contributed by atoms with Crippen molar-refractivity contribution >= 4 is 11.6 Å². The molecule has 0 radical (unpaired) electrons. The van der Waals surface area contributed by atoms with E-state index in [-0.39, 0.29) is 13.2 Å². The Hall–Kier alpha value is -4.02. The maximum atomic E-state index is 13.1. The number of aryl methyl sites for hydroxylation is 1. The maximum Gasteiger partial charge on any atom is 0.416 e. The van der Waals surface area contributed by atoms with Crippen LogP contribution in [0.1, 0.15) is 48.0 Å². The lowest BCUT2D eigenvalue weighted by molar-refractivity contribution is -0.137. The van der Waals surface area contributed by atoms with Crippen molar-refractivity contribution in [3.63, 3.8) is 0 Å². The summed E-state index contributed by atoms with van der Waals surface area (Å²) in [6.45, 7) is 2.77. The van der Waals surface area contributed by atoms with E-state index in [2.05, 4.69) is 32.5 Å². The predicted octanol–water partition coefficient (Wildman–Crippen LogP) is 7.51. The minimum atomic E-state index is -4.41. The first kappa shape index (κ1) is 28.5. The third-order valence-electron chi connectivity index (χ3n) is 6.74. The number of nitrogens with one attached hydrogen (secondary N) is 1. The quantitative estimate of drug-likeness (QED) is 0.175. The van der Waals surface area contributed by atoms with E-state index in [1.165, 1.54) is 6.07 Å². The first-order valence-electron chi connectivity index (χ1n) is 13.2. The fourth-order valence-corrected chi connectivity index (χ4v) is 4.89. The molecule has 5 aromatic rings. The van der Waals surface area contributed by atoms with Crippen LogP contribution >= 0.6 is 11.6 Å². The van der Waals surface area contributed by atoms with Gasteiger partial charge in [0.2, 0.25) is 5.82 Å². The summed E-state index contributed by atoms with van der Waals surface area (Å²) in [4.78, 5) is 4.60. The number of tetrazole rings is 1. The Morgan fingerprint density at radius 3 is 2.41 bits per heavy atom. The van der Waals surface area contributed by atoms with E-state index in [1.54, 1.807) is 6.07 Å². The van der Waals surface area contributed by atoms with Gasteiger partial charge in [-0.1, -0.05) is 85.6 Å². The SMILES string of the molecule is CCCCc1nc(Cl)c(COCc2cccc(C(F)(F)F)c2)n1Cc1ccc(-c2ccccc2-c2nn[nH]n2)cc1. The average Bonchev–Trinajstić information content (AvgIpc) is 3.61. The van der Waals surface area contributed by atoms with Gasteiger partial charge >= 0.3 is 6.18 Å². The van der Waals surface area contributed by atoms with E-state index in [0.29, 0.717) is 28.8 Å². The first-order chi connectivity index (χ1) is 19.8. The number of halogens is 4. The van der Waals surface area contributed by atoms with Crippen LogP contribution in [0.4, 0.5) is 13.2 Å². The van der Waals surface area contributed by atoms with Gasteiger partial charge in [-0.05, 0) is 46.0 Å². The molecule has 3 aromatic carbocycles. The zero-order valence-corrected chi connectivity index (χ0v) is 23.1. The molecule has 0 aliphatic rings. The number of rotatable bonds is 11. The van der Waals surface area contributed by atoms with Crippen LogP contribution in [0.25, 0.3) is 22.5 Å². The molecular formula is C30H28ClF3N6O. The Balaban J connectivity index is 1.35. The molecule has 1 N–H and O–H groups in total. The molecule has 0 spiro atoms. The number of hydrogen-bond donors (Lipinski definition) is 1. The summed E-state index contributed by atoms with van der Waals surface area (Å²) in [6, 6.07) is 21.2. The number of ether oxygens (including phenoxy) is 1. The van der Waals surface area contributed by atoms with E-state index in [0.717, 1.165) is 59.5 Å². The molecule has 0 aliphatic carbocycles. The Morgan fingerprint density at radius 2 is 1.71 bits per heavy atom. The molecule has 0 amide bonds. The van der Waals surface area contributed by atoms with Crippen molar-refractivity contribution in [1.82, 2.24) is 30.2 Å². The highest BCUT2D eigenvalue weighted by molar-refractivity contribution is 6.30. The smallest absolute Gasteiger partial charge is 0.370 e. The predicted molar refractivity (Wildman–Crippen MR) is 150 cm³/mol. The number of aromatic nitrogens is 6. The number of alkyl halides is 3. The van der Waals surface area contributed by atoms with Gasteiger partial charge in [-0.2, -0.15) is 18.4 Å². The van der Waals surface area contributed by atoms with Gasteiger partial charge in [0.1, 0.15) is 5.82 Å². The maximum absolute atomic E-state index is 13.1. The van der Waals surface area contributed by atoms with Crippen LogP contribution in [0.3, 0.4) is 0 Å². The number of imidazole rings is 1. The van der Waals surface area contributed by atoms with Crippen LogP contribution in [-0.4, -0.2) is 30.2 Å². The molecule has 11 heteroatoms. The highest BCUT2D eigenvalue weighted by atomic mass is 35.5. The monoisotopic (exact) mass is 580 g/mol. The van der Waals surface area contributed by atoms with Crippen LogP contribution < -0.4 is 0 Å². The fourth-order valence-electron chi connectivity index (χ4n) is 4.64.